The Balaban J connectivity index is 1.94. The van der Waals surface area contributed by atoms with E-state index in [2.05, 4.69) is 39.1 Å². The van der Waals surface area contributed by atoms with Crippen LogP contribution in [0.1, 0.15) is 0 Å². The number of nitrogens with zero attached hydrogens (tertiary/aromatic N) is 3. The van der Waals surface area contributed by atoms with Gasteiger partial charge in [-0.3, -0.25) is 4.98 Å². The molecule has 3 nitrogen and oxygen atoms in total. The summed E-state index contributed by atoms with van der Waals surface area (Å²) in [6.45, 7) is 0. The summed E-state index contributed by atoms with van der Waals surface area (Å²) in [6, 6.07) is 24.0. The number of aromatic nitrogens is 3. The highest BCUT2D eigenvalue weighted by molar-refractivity contribution is 9.10. The molecule has 0 aliphatic carbocycles. The first-order valence-corrected chi connectivity index (χ1v) is 9.66. The average Bonchev–Trinajstić information content (AvgIpc) is 3.09. The van der Waals surface area contributed by atoms with Gasteiger partial charge in [0.15, 0.2) is 0 Å². The quantitative estimate of drug-likeness (QED) is 0.311. The standard InChI is InChI=1S/C22H13BrClN3/c23-15-9-10-20-18(11-15)22-19(13-25-20)21(14-5-2-1-3-6-14)26-27(22)17-8-4-7-16(24)12-17/h1-13H. The molecule has 2 heterocycles. The van der Waals surface area contributed by atoms with Crippen molar-refractivity contribution >= 4 is 49.3 Å². The minimum atomic E-state index is 0.678. The maximum atomic E-state index is 6.25. The zero-order chi connectivity index (χ0) is 18.4. The van der Waals surface area contributed by atoms with Crippen molar-refractivity contribution in [2.45, 2.75) is 0 Å². The van der Waals surface area contributed by atoms with Crippen LogP contribution in [-0.2, 0) is 0 Å². The molecule has 0 radical (unpaired) electrons. The molecule has 0 fully saturated rings. The van der Waals surface area contributed by atoms with Gasteiger partial charge in [0.2, 0.25) is 0 Å². The highest BCUT2D eigenvalue weighted by Gasteiger charge is 2.17. The molecule has 130 valence electrons. The van der Waals surface area contributed by atoms with Crippen molar-refractivity contribution < 1.29 is 0 Å². The lowest BCUT2D eigenvalue weighted by molar-refractivity contribution is 0.918. The number of fused-ring (bicyclic) bond motifs is 3. The van der Waals surface area contributed by atoms with Crippen LogP contribution in [0.3, 0.4) is 0 Å². The second kappa shape index (κ2) is 6.48. The van der Waals surface area contributed by atoms with Gasteiger partial charge in [-0.25, -0.2) is 4.68 Å². The lowest BCUT2D eigenvalue weighted by Crippen LogP contribution is -1.97. The van der Waals surface area contributed by atoms with Crippen LogP contribution in [0.4, 0.5) is 0 Å². The number of halogens is 2. The molecule has 0 bridgehead atoms. The van der Waals surface area contributed by atoms with E-state index in [1.807, 2.05) is 65.5 Å². The Kier molecular flexibility index (Phi) is 3.96. The lowest BCUT2D eigenvalue weighted by Gasteiger charge is -2.06. The topological polar surface area (TPSA) is 30.7 Å². The van der Waals surface area contributed by atoms with Crippen molar-refractivity contribution in [3.63, 3.8) is 0 Å². The van der Waals surface area contributed by atoms with E-state index in [4.69, 9.17) is 16.7 Å². The van der Waals surface area contributed by atoms with Gasteiger partial charge in [-0.15, -0.1) is 0 Å². The summed E-state index contributed by atoms with van der Waals surface area (Å²) in [7, 11) is 0. The first-order chi connectivity index (χ1) is 13.2. The molecular formula is C22H13BrClN3. The van der Waals surface area contributed by atoms with Crippen molar-refractivity contribution in [1.29, 1.82) is 0 Å². The third-order valence-electron chi connectivity index (χ3n) is 4.57. The second-order valence-electron chi connectivity index (χ2n) is 6.29. The molecule has 3 aromatic carbocycles. The van der Waals surface area contributed by atoms with Gasteiger partial charge >= 0.3 is 0 Å². The zero-order valence-corrected chi connectivity index (χ0v) is 16.4. The van der Waals surface area contributed by atoms with Crippen LogP contribution in [0, 0.1) is 0 Å². The summed E-state index contributed by atoms with van der Waals surface area (Å²) in [6.07, 6.45) is 1.90. The van der Waals surface area contributed by atoms with Gasteiger partial charge in [0.1, 0.15) is 5.69 Å². The minimum absolute atomic E-state index is 0.678. The molecule has 2 aromatic heterocycles. The molecule has 5 rings (SSSR count). The molecule has 0 saturated carbocycles. The van der Waals surface area contributed by atoms with E-state index in [1.54, 1.807) is 0 Å². The Bertz CT molecular complexity index is 1300. The Morgan fingerprint density at radius 1 is 0.852 bits per heavy atom. The molecule has 0 N–H and O–H groups in total. The van der Waals surface area contributed by atoms with Crippen LogP contribution in [0.5, 0.6) is 0 Å². The van der Waals surface area contributed by atoms with Gasteiger partial charge < -0.3 is 0 Å². The Labute approximate surface area is 169 Å². The van der Waals surface area contributed by atoms with E-state index >= 15 is 0 Å². The molecule has 0 saturated heterocycles. The fraction of sp³-hybridized carbons (Fsp3) is 0. The first-order valence-electron chi connectivity index (χ1n) is 8.49. The summed E-state index contributed by atoms with van der Waals surface area (Å²) in [4.78, 5) is 4.66. The van der Waals surface area contributed by atoms with Crippen LogP contribution in [0.25, 0.3) is 38.8 Å². The van der Waals surface area contributed by atoms with Crippen molar-refractivity contribution in [3.8, 4) is 16.9 Å². The number of hydrogen-bond donors (Lipinski definition) is 0. The summed E-state index contributed by atoms with van der Waals surface area (Å²) in [5.41, 5.74) is 4.82. The SMILES string of the molecule is Clc1cccc(-n2nc(-c3ccccc3)c3cnc4ccc(Br)cc4c32)c1. The number of rotatable bonds is 2. The third-order valence-corrected chi connectivity index (χ3v) is 5.30. The molecular weight excluding hydrogens is 422 g/mol. The fourth-order valence-corrected chi connectivity index (χ4v) is 3.91. The van der Waals surface area contributed by atoms with E-state index in [0.29, 0.717) is 5.02 Å². The highest BCUT2D eigenvalue weighted by atomic mass is 79.9. The smallest absolute Gasteiger partial charge is 0.102 e. The molecule has 0 aliphatic rings. The summed E-state index contributed by atoms with van der Waals surface area (Å²) >= 11 is 9.84. The minimum Gasteiger partial charge on any atom is -0.255 e. The van der Waals surface area contributed by atoms with Crippen molar-refractivity contribution in [2.24, 2.45) is 0 Å². The predicted octanol–water partition coefficient (Wildman–Crippen LogP) is 6.66. The average molecular weight is 435 g/mol. The molecule has 0 spiro atoms. The predicted molar refractivity (Wildman–Crippen MR) is 115 cm³/mol. The molecule has 5 heteroatoms. The molecule has 0 aliphatic heterocycles. The number of pyridine rings is 1. The van der Waals surface area contributed by atoms with Crippen LogP contribution >= 0.6 is 27.5 Å². The monoisotopic (exact) mass is 433 g/mol. The van der Waals surface area contributed by atoms with Crippen LogP contribution in [-0.4, -0.2) is 14.8 Å². The maximum Gasteiger partial charge on any atom is 0.102 e. The van der Waals surface area contributed by atoms with Gasteiger partial charge in [0.25, 0.3) is 0 Å². The highest BCUT2D eigenvalue weighted by Crippen LogP contribution is 2.34. The summed E-state index contributed by atoms with van der Waals surface area (Å²) < 4.78 is 2.96. The zero-order valence-electron chi connectivity index (χ0n) is 14.1. The molecule has 5 aromatic rings. The molecule has 0 amide bonds. The van der Waals surface area contributed by atoms with Crippen molar-refractivity contribution in [3.05, 3.63) is 88.5 Å². The third kappa shape index (κ3) is 2.82. The maximum absolute atomic E-state index is 6.25. The van der Waals surface area contributed by atoms with Gasteiger partial charge in [-0.2, -0.15) is 5.10 Å². The summed E-state index contributed by atoms with van der Waals surface area (Å²) in [5.74, 6) is 0. The molecule has 0 unspecified atom stereocenters. The van der Waals surface area contributed by atoms with Gasteiger partial charge in [0, 0.05) is 32.0 Å². The van der Waals surface area contributed by atoms with Crippen LogP contribution in [0.2, 0.25) is 5.02 Å². The van der Waals surface area contributed by atoms with E-state index in [0.717, 1.165) is 43.2 Å². The number of benzene rings is 3. The normalized spacial score (nSPS) is 11.3. The Hall–Kier alpha value is -2.69. The largest absolute Gasteiger partial charge is 0.255 e. The molecule has 27 heavy (non-hydrogen) atoms. The second-order valence-corrected chi connectivity index (χ2v) is 7.64. The number of hydrogen-bond acceptors (Lipinski definition) is 2. The van der Waals surface area contributed by atoms with Gasteiger partial charge in [-0.1, -0.05) is 63.9 Å². The van der Waals surface area contributed by atoms with E-state index in [9.17, 15) is 0 Å². The van der Waals surface area contributed by atoms with Crippen molar-refractivity contribution in [2.75, 3.05) is 0 Å². The molecule has 0 atom stereocenters. The van der Waals surface area contributed by atoms with Crippen LogP contribution < -0.4 is 0 Å². The van der Waals surface area contributed by atoms with Crippen LogP contribution in [0.15, 0.2) is 83.5 Å². The van der Waals surface area contributed by atoms with Gasteiger partial charge in [-0.05, 0) is 36.4 Å². The first kappa shape index (κ1) is 16.5. The van der Waals surface area contributed by atoms with Gasteiger partial charge in [0.05, 0.1) is 16.7 Å². The fourth-order valence-electron chi connectivity index (χ4n) is 3.36. The van der Waals surface area contributed by atoms with E-state index in [-0.39, 0.29) is 0 Å². The Morgan fingerprint density at radius 3 is 2.52 bits per heavy atom. The summed E-state index contributed by atoms with van der Waals surface area (Å²) in [5, 5.41) is 7.68. The Morgan fingerprint density at radius 2 is 1.70 bits per heavy atom. The van der Waals surface area contributed by atoms with E-state index < -0.39 is 0 Å². The lowest BCUT2D eigenvalue weighted by atomic mass is 10.1. The van der Waals surface area contributed by atoms with E-state index in [1.165, 1.54) is 0 Å². The van der Waals surface area contributed by atoms with Crippen molar-refractivity contribution in [1.82, 2.24) is 14.8 Å².